The third kappa shape index (κ3) is 3.57. The van der Waals surface area contributed by atoms with Gasteiger partial charge in [-0.1, -0.05) is 0 Å². The Balaban J connectivity index is 1.69. The molecule has 2 heterocycles. The van der Waals surface area contributed by atoms with Crippen molar-refractivity contribution in [3.05, 3.63) is 53.9 Å². The van der Waals surface area contributed by atoms with Gasteiger partial charge in [0.1, 0.15) is 17.1 Å². The number of aromatic nitrogens is 2. The number of pyridine rings is 1. The zero-order valence-corrected chi connectivity index (χ0v) is 14.6. The Labute approximate surface area is 146 Å². The summed E-state index contributed by atoms with van der Waals surface area (Å²) in [7, 11) is 5.14. The molecule has 0 aliphatic heterocycles. The summed E-state index contributed by atoms with van der Waals surface area (Å²) in [5, 5.41) is 3.95. The highest BCUT2D eigenvalue weighted by atomic mass is 16.5. The molecule has 6 heteroatoms. The first kappa shape index (κ1) is 16.8. The molecule has 130 valence electrons. The number of hydrogen-bond acceptors (Lipinski definition) is 4. The summed E-state index contributed by atoms with van der Waals surface area (Å²) in [6.07, 6.45) is 4.01. The Morgan fingerprint density at radius 1 is 1.20 bits per heavy atom. The topological polar surface area (TPSA) is 65.4 Å². The van der Waals surface area contributed by atoms with Crippen LogP contribution in [0.3, 0.4) is 0 Å². The van der Waals surface area contributed by atoms with Crippen LogP contribution in [0.25, 0.3) is 11.0 Å². The van der Waals surface area contributed by atoms with Gasteiger partial charge in [0.15, 0.2) is 0 Å². The van der Waals surface area contributed by atoms with E-state index in [1.807, 2.05) is 42.1 Å². The fraction of sp³-hybridized carbons (Fsp3) is 0.263. The number of benzene rings is 1. The molecular formula is C19H21N3O3. The van der Waals surface area contributed by atoms with Crippen LogP contribution >= 0.6 is 0 Å². The molecule has 0 spiro atoms. The van der Waals surface area contributed by atoms with Gasteiger partial charge >= 0.3 is 0 Å². The molecule has 1 aromatic carbocycles. The third-order valence-electron chi connectivity index (χ3n) is 4.14. The molecule has 0 radical (unpaired) electrons. The molecule has 2 aromatic heterocycles. The largest absolute Gasteiger partial charge is 0.497 e. The second-order valence-electron chi connectivity index (χ2n) is 5.77. The quantitative estimate of drug-likeness (QED) is 0.749. The summed E-state index contributed by atoms with van der Waals surface area (Å²) in [6.45, 7) is 0.398. The molecule has 0 aliphatic rings. The number of rotatable bonds is 6. The zero-order chi connectivity index (χ0) is 17.8. The number of fused-ring (bicyclic) bond motifs is 1. The van der Waals surface area contributed by atoms with Gasteiger partial charge in [-0.05, 0) is 29.8 Å². The number of hydrogen-bond donors (Lipinski definition) is 1. The lowest BCUT2D eigenvalue weighted by molar-refractivity contribution is -0.120. The van der Waals surface area contributed by atoms with E-state index in [1.54, 1.807) is 26.5 Å². The summed E-state index contributed by atoms with van der Waals surface area (Å²) in [5.41, 5.74) is 2.74. The molecule has 3 aromatic rings. The summed E-state index contributed by atoms with van der Waals surface area (Å²) >= 11 is 0. The van der Waals surface area contributed by atoms with Gasteiger partial charge in [0.2, 0.25) is 5.91 Å². The molecule has 0 saturated carbocycles. The number of amides is 1. The molecule has 0 bridgehead atoms. The van der Waals surface area contributed by atoms with E-state index in [0.717, 1.165) is 27.9 Å². The van der Waals surface area contributed by atoms with Crippen molar-refractivity contribution in [2.45, 2.75) is 13.0 Å². The van der Waals surface area contributed by atoms with Crippen LogP contribution in [0.1, 0.15) is 11.1 Å². The predicted octanol–water partition coefficient (Wildman–Crippen LogP) is 2.45. The van der Waals surface area contributed by atoms with E-state index in [0.29, 0.717) is 18.7 Å². The van der Waals surface area contributed by atoms with Gasteiger partial charge in [0.25, 0.3) is 0 Å². The van der Waals surface area contributed by atoms with Gasteiger partial charge in [-0.15, -0.1) is 0 Å². The van der Waals surface area contributed by atoms with E-state index in [1.165, 1.54) is 0 Å². The molecule has 0 fully saturated rings. The number of nitrogens with one attached hydrogen (secondary N) is 1. The van der Waals surface area contributed by atoms with Crippen LogP contribution in [0.15, 0.2) is 42.7 Å². The minimum Gasteiger partial charge on any atom is -0.497 e. The Hall–Kier alpha value is -3.02. The molecule has 0 aliphatic carbocycles. The fourth-order valence-corrected chi connectivity index (χ4v) is 2.86. The van der Waals surface area contributed by atoms with Crippen molar-refractivity contribution in [3.8, 4) is 11.5 Å². The van der Waals surface area contributed by atoms with Crippen molar-refractivity contribution in [1.82, 2.24) is 14.9 Å². The van der Waals surface area contributed by atoms with Crippen molar-refractivity contribution < 1.29 is 14.3 Å². The SMILES string of the molecule is COc1ccc(CNC(=O)Cc2cn(C)c3ncccc23)c(OC)c1. The number of carbonyl (C=O) groups excluding carboxylic acids is 1. The van der Waals surface area contributed by atoms with Gasteiger partial charge in [-0.25, -0.2) is 4.98 Å². The Morgan fingerprint density at radius 3 is 2.80 bits per heavy atom. The maximum Gasteiger partial charge on any atom is 0.224 e. The van der Waals surface area contributed by atoms with Crippen molar-refractivity contribution in [3.63, 3.8) is 0 Å². The van der Waals surface area contributed by atoms with E-state index >= 15 is 0 Å². The van der Waals surface area contributed by atoms with Crippen LogP contribution in [0, 0.1) is 0 Å². The highest BCUT2D eigenvalue weighted by Crippen LogP contribution is 2.24. The van der Waals surface area contributed by atoms with Gasteiger partial charge in [-0.2, -0.15) is 0 Å². The maximum absolute atomic E-state index is 12.4. The molecule has 0 atom stereocenters. The first-order chi connectivity index (χ1) is 12.1. The normalized spacial score (nSPS) is 10.7. The van der Waals surface area contributed by atoms with Crippen molar-refractivity contribution in [1.29, 1.82) is 0 Å². The lowest BCUT2D eigenvalue weighted by Crippen LogP contribution is -2.24. The van der Waals surface area contributed by atoms with E-state index in [9.17, 15) is 4.79 Å². The first-order valence-corrected chi connectivity index (χ1v) is 7.99. The van der Waals surface area contributed by atoms with Crippen LogP contribution in [-0.4, -0.2) is 29.7 Å². The maximum atomic E-state index is 12.4. The van der Waals surface area contributed by atoms with E-state index < -0.39 is 0 Å². The number of carbonyl (C=O) groups is 1. The van der Waals surface area contributed by atoms with Crippen LogP contribution in [0.5, 0.6) is 11.5 Å². The monoisotopic (exact) mass is 339 g/mol. The minimum absolute atomic E-state index is 0.0470. The molecule has 6 nitrogen and oxygen atoms in total. The van der Waals surface area contributed by atoms with Gasteiger partial charge in [0.05, 0.1) is 20.6 Å². The average molecular weight is 339 g/mol. The zero-order valence-electron chi connectivity index (χ0n) is 14.6. The molecular weight excluding hydrogens is 318 g/mol. The summed E-state index contributed by atoms with van der Waals surface area (Å²) < 4.78 is 12.5. The van der Waals surface area contributed by atoms with E-state index in [-0.39, 0.29) is 5.91 Å². The van der Waals surface area contributed by atoms with Crippen LogP contribution in [0.2, 0.25) is 0 Å². The second kappa shape index (κ2) is 7.25. The second-order valence-corrected chi connectivity index (χ2v) is 5.77. The Morgan fingerprint density at radius 2 is 2.04 bits per heavy atom. The highest BCUT2D eigenvalue weighted by Gasteiger charge is 2.12. The van der Waals surface area contributed by atoms with Crippen LogP contribution in [-0.2, 0) is 24.8 Å². The Bertz CT molecular complexity index is 902. The predicted molar refractivity (Wildman–Crippen MR) is 95.8 cm³/mol. The Kier molecular flexibility index (Phi) is 4.88. The van der Waals surface area contributed by atoms with Gasteiger partial charge in [-0.3, -0.25) is 4.79 Å². The minimum atomic E-state index is -0.0470. The third-order valence-corrected chi connectivity index (χ3v) is 4.14. The summed E-state index contributed by atoms with van der Waals surface area (Å²) in [4.78, 5) is 16.7. The van der Waals surface area contributed by atoms with Crippen LogP contribution in [0.4, 0.5) is 0 Å². The molecule has 0 saturated heterocycles. The average Bonchev–Trinajstić information content (AvgIpc) is 2.96. The van der Waals surface area contributed by atoms with Gasteiger partial charge < -0.3 is 19.4 Å². The van der Waals surface area contributed by atoms with E-state index in [4.69, 9.17) is 9.47 Å². The summed E-state index contributed by atoms with van der Waals surface area (Å²) in [6, 6.07) is 9.40. The highest BCUT2D eigenvalue weighted by molar-refractivity contribution is 5.87. The van der Waals surface area contributed by atoms with E-state index in [2.05, 4.69) is 10.3 Å². The summed E-state index contributed by atoms with van der Waals surface area (Å²) in [5.74, 6) is 1.36. The first-order valence-electron chi connectivity index (χ1n) is 7.99. The number of aryl methyl sites for hydroxylation is 1. The fourth-order valence-electron chi connectivity index (χ4n) is 2.86. The number of ether oxygens (including phenoxy) is 2. The molecule has 3 rings (SSSR count). The molecule has 1 N–H and O–H groups in total. The molecule has 1 amide bonds. The van der Waals surface area contributed by atoms with Crippen LogP contribution < -0.4 is 14.8 Å². The number of methoxy groups -OCH3 is 2. The molecule has 25 heavy (non-hydrogen) atoms. The van der Waals surface area contributed by atoms with Crippen molar-refractivity contribution in [2.24, 2.45) is 7.05 Å². The number of nitrogens with zero attached hydrogens (tertiary/aromatic N) is 2. The standard InChI is InChI=1S/C19H21N3O3/c1-22-12-14(16-5-4-8-20-19(16)22)9-18(23)21-11-13-6-7-15(24-2)10-17(13)25-3/h4-8,10,12H,9,11H2,1-3H3,(H,21,23). The van der Waals surface area contributed by atoms with Crippen molar-refractivity contribution >= 4 is 16.9 Å². The molecule has 0 unspecified atom stereocenters. The van der Waals surface area contributed by atoms with Gasteiger partial charge in [0, 0.05) is 43.0 Å². The van der Waals surface area contributed by atoms with Crippen molar-refractivity contribution in [2.75, 3.05) is 14.2 Å². The lowest BCUT2D eigenvalue weighted by Gasteiger charge is -2.11. The smallest absolute Gasteiger partial charge is 0.224 e. The lowest BCUT2D eigenvalue weighted by atomic mass is 10.1.